The van der Waals surface area contributed by atoms with Crippen LogP contribution in [0.2, 0.25) is 0 Å². The van der Waals surface area contributed by atoms with Crippen molar-refractivity contribution in [2.75, 3.05) is 20.1 Å². The van der Waals surface area contributed by atoms with E-state index in [2.05, 4.69) is 42.8 Å². The second-order valence-corrected chi connectivity index (χ2v) is 5.29. The summed E-state index contributed by atoms with van der Waals surface area (Å²) >= 11 is 0. The minimum Gasteiger partial charge on any atom is -0.330 e. The van der Waals surface area contributed by atoms with Gasteiger partial charge in [0.1, 0.15) is 12.2 Å². The molecule has 0 amide bonds. The Bertz CT molecular complexity index is 320. The van der Waals surface area contributed by atoms with Crippen LogP contribution in [-0.4, -0.2) is 39.8 Å². The van der Waals surface area contributed by atoms with E-state index < -0.39 is 0 Å². The number of aromatic nitrogens is 3. The van der Waals surface area contributed by atoms with Crippen molar-refractivity contribution in [3.05, 3.63) is 12.2 Å². The summed E-state index contributed by atoms with van der Waals surface area (Å²) in [7, 11) is 2.10. The maximum absolute atomic E-state index is 5.63. The third-order valence-electron chi connectivity index (χ3n) is 2.67. The van der Waals surface area contributed by atoms with E-state index in [4.69, 9.17) is 5.73 Å². The molecule has 0 saturated heterocycles. The molecule has 1 unspecified atom stereocenters. The van der Waals surface area contributed by atoms with Gasteiger partial charge in [-0.15, -0.1) is 0 Å². The molecule has 0 saturated carbocycles. The summed E-state index contributed by atoms with van der Waals surface area (Å²) in [6.07, 6.45) is 1.64. The van der Waals surface area contributed by atoms with Gasteiger partial charge in [0.05, 0.1) is 6.54 Å². The molecule has 0 bridgehead atoms. The topological polar surface area (TPSA) is 60.0 Å². The molecule has 1 aromatic heterocycles. The van der Waals surface area contributed by atoms with Crippen molar-refractivity contribution in [1.29, 1.82) is 0 Å². The van der Waals surface area contributed by atoms with Crippen LogP contribution in [0, 0.1) is 11.8 Å². The molecule has 1 aromatic rings. The Morgan fingerprint density at radius 3 is 2.71 bits per heavy atom. The van der Waals surface area contributed by atoms with Gasteiger partial charge in [0.15, 0.2) is 0 Å². The molecule has 5 heteroatoms. The standard InChI is InChI=1S/C12H25N5/c1-10(2)6-17-12(14-9-15-17)8-16(4)7-11(3)5-13/h9-11H,5-8,13H2,1-4H3. The smallest absolute Gasteiger partial charge is 0.141 e. The first-order valence-electron chi connectivity index (χ1n) is 6.28. The second-order valence-electron chi connectivity index (χ2n) is 5.29. The molecule has 0 aliphatic heterocycles. The van der Waals surface area contributed by atoms with Crippen molar-refractivity contribution in [3.63, 3.8) is 0 Å². The lowest BCUT2D eigenvalue weighted by molar-refractivity contribution is 0.268. The highest BCUT2D eigenvalue weighted by Crippen LogP contribution is 2.05. The molecular weight excluding hydrogens is 214 g/mol. The van der Waals surface area contributed by atoms with Gasteiger partial charge in [0, 0.05) is 13.1 Å². The average molecular weight is 239 g/mol. The molecule has 17 heavy (non-hydrogen) atoms. The lowest BCUT2D eigenvalue weighted by Gasteiger charge is -2.20. The fourth-order valence-corrected chi connectivity index (χ4v) is 1.82. The Labute approximate surface area is 104 Å². The van der Waals surface area contributed by atoms with Crippen LogP contribution in [0.4, 0.5) is 0 Å². The summed E-state index contributed by atoms with van der Waals surface area (Å²) in [6, 6.07) is 0. The lowest BCUT2D eigenvalue weighted by Crippen LogP contribution is -2.29. The van der Waals surface area contributed by atoms with Crippen LogP contribution in [0.25, 0.3) is 0 Å². The Hall–Kier alpha value is -0.940. The van der Waals surface area contributed by atoms with Crippen molar-refractivity contribution in [2.45, 2.75) is 33.9 Å². The van der Waals surface area contributed by atoms with Gasteiger partial charge in [0.2, 0.25) is 0 Å². The number of rotatable bonds is 7. The highest BCUT2D eigenvalue weighted by atomic mass is 15.3. The molecule has 98 valence electrons. The van der Waals surface area contributed by atoms with Gasteiger partial charge in [-0.25, -0.2) is 9.67 Å². The Morgan fingerprint density at radius 1 is 1.41 bits per heavy atom. The largest absolute Gasteiger partial charge is 0.330 e. The maximum Gasteiger partial charge on any atom is 0.141 e. The molecule has 1 rings (SSSR count). The van der Waals surface area contributed by atoms with Crippen LogP contribution in [-0.2, 0) is 13.1 Å². The molecule has 5 nitrogen and oxygen atoms in total. The first kappa shape index (κ1) is 14.1. The predicted molar refractivity (Wildman–Crippen MR) is 69.4 cm³/mol. The summed E-state index contributed by atoms with van der Waals surface area (Å²) in [4.78, 5) is 6.57. The average Bonchev–Trinajstić information content (AvgIpc) is 2.64. The van der Waals surface area contributed by atoms with E-state index in [9.17, 15) is 0 Å². The number of hydrogen-bond acceptors (Lipinski definition) is 4. The zero-order valence-electron chi connectivity index (χ0n) is 11.4. The van der Waals surface area contributed by atoms with Gasteiger partial charge in [-0.2, -0.15) is 5.10 Å². The van der Waals surface area contributed by atoms with E-state index in [0.29, 0.717) is 11.8 Å². The van der Waals surface area contributed by atoms with Gasteiger partial charge >= 0.3 is 0 Å². The molecular formula is C12H25N5. The third-order valence-corrected chi connectivity index (χ3v) is 2.67. The number of hydrogen-bond donors (Lipinski definition) is 1. The summed E-state index contributed by atoms with van der Waals surface area (Å²) < 4.78 is 1.99. The second kappa shape index (κ2) is 6.71. The molecule has 0 radical (unpaired) electrons. The van der Waals surface area contributed by atoms with E-state index in [1.807, 2.05) is 4.68 Å². The zero-order valence-corrected chi connectivity index (χ0v) is 11.4. The van der Waals surface area contributed by atoms with Gasteiger partial charge in [-0.05, 0) is 25.4 Å². The van der Waals surface area contributed by atoms with Crippen molar-refractivity contribution >= 4 is 0 Å². The molecule has 0 spiro atoms. The molecule has 0 aromatic carbocycles. The summed E-state index contributed by atoms with van der Waals surface area (Å²) in [6.45, 7) is 10.0. The highest BCUT2D eigenvalue weighted by Gasteiger charge is 2.10. The molecule has 1 heterocycles. The Kier molecular flexibility index (Phi) is 5.58. The van der Waals surface area contributed by atoms with E-state index in [1.54, 1.807) is 6.33 Å². The minimum absolute atomic E-state index is 0.515. The molecule has 1 atom stereocenters. The summed E-state index contributed by atoms with van der Waals surface area (Å²) in [5, 5.41) is 4.26. The molecule has 0 fully saturated rings. The van der Waals surface area contributed by atoms with E-state index in [1.165, 1.54) is 0 Å². The van der Waals surface area contributed by atoms with Crippen LogP contribution in [0.3, 0.4) is 0 Å². The van der Waals surface area contributed by atoms with Gasteiger partial charge in [0.25, 0.3) is 0 Å². The van der Waals surface area contributed by atoms with Crippen LogP contribution < -0.4 is 5.73 Å². The molecule has 0 aliphatic rings. The highest BCUT2D eigenvalue weighted by molar-refractivity contribution is 4.84. The lowest BCUT2D eigenvalue weighted by atomic mass is 10.2. The van der Waals surface area contributed by atoms with E-state index in [-0.39, 0.29) is 0 Å². The van der Waals surface area contributed by atoms with Crippen molar-refractivity contribution < 1.29 is 0 Å². The SMILES string of the molecule is CC(C)Cn1ncnc1CN(C)CC(C)CN. The summed E-state index contributed by atoms with van der Waals surface area (Å²) in [5.74, 6) is 2.13. The molecule has 2 N–H and O–H groups in total. The van der Waals surface area contributed by atoms with E-state index in [0.717, 1.165) is 32.0 Å². The van der Waals surface area contributed by atoms with Crippen molar-refractivity contribution in [3.8, 4) is 0 Å². The minimum atomic E-state index is 0.515. The van der Waals surface area contributed by atoms with Crippen molar-refractivity contribution in [1.82, 2.24) is 19.7 Å². The van der Waals surface area contributed by atoms with Crippen molar-refractivity contribution in [2.24, 2.45) is 17.6 Å². The maximum atomic E-state index is 5.63. The van der Waals surface area contributed by atoms with Gasteiger partial charge in [-0.3, -0.25) is 4.90 Å². The first-order chi connectivity index (χ1) is 8.02. The third kappa shape index (κ3) is 4.83. The van der Waals surface area contributed by atoms with Crippen LogP contribution >= 0.6 is 0 Å². The fraction of sp³-hybridized carbons (Fsp3) is 0.833. The number of nitrogens with two attached hydrogens (primary N) is 1. The first-order valence-corrected chi connectivity index (χ1v) is 6.28. The van der Waals surface area contributed by atoms with Crippen LogP contribution in [0.5, 0.6) is 0 Å². The quantitative estimate of drug-likeness (QED) is 0.770. The zero-order chi connectivity index (χ0) is 12.8. The Balaban J connectivity index is 2.53. The fourth-order valence-electron chi connectivity index (χ4n) is 1.82. The predicted octanol–water partition coefficient (Wildman–Crippen LogP) is 0.961. The van der Waals surface area contributed by atoms with Crippen LogP contribution in [0.1, 0.15) is 26.6 Å². The summed E-state index contributed by atoms with van der Waals surface area (Å²) in [5.41, 5.74) is 5.63. The van der Waals surface area contributed by atoms with Gasteiger partial charge < -0.3 is 5.73 Å². The Morgan fingerprint density at radius 2 is 2.12 bits per heavy atom. The number of nitrogens with zero attached hydrogens (tertiary/aromatic N) is 4. The normalized spacial score (nSPS) is 13.6. The van der Waals surface area contributed by atoms with E-state index >= 15 is 0 Å². The van der Waals surface area contributed by atoms with Gasteiger partial charge in [-0.1, -0.05) is 20.8 Å². The monoisotopic (exact) mass is 239 g/mol. The molecule has 0 aliphatic carbocycles. The van der Waals surface area contributed by atoms with Crippen LogP contribution in [0.15, 0.2) is 6.33 Å².